The van der Waals surface area contributed by atoms with Gasteiger partial charge in [-0.2, -0.15) is 0 Å². The van der Waals surface area contributed by atoms with Gasteiger partial charge in [0, 0.05) is 12.2 Å². The lowest BCUT2D eigenvalue weighted by atomic mass is 10.1. The van der Waals surface area contributed by atoms with Crippen molar-refractivity contribution in [3.05, 3.63) is 59.4 Å². The van der Waals surface area contributed by atoms with Gasteiger partial charge in [-0.1, -0.05) is 12.1 Å². The molecule has 0 spiro atoms. The van der Waals surface area contributed by atoms with Crippen LogP contribution >= 0.6 is 12.4 Å². The van der Waals surface area contributed by atoms with Gasteiger partial charge in [-0.15, -0.1) is 12.4 Å². The van der Waals surface area contributed by atoms with Crippen molar-refractivity contribution in [1.82, 2.24) is 15.2 Å². The molecule has 1 atom stereocenters. The maximum absolute atomic E-state index is 13.1. The fraction of sp³-hybridized carbons (Fsp3) is 0.478. The molecule has 0 saturated carbocycles. The van der Waals surface area contributed by atoms with Crippen LogP contribution in [0.3, 0.4) is 0 Å². The van der Waals surface area contributed by atoms with Gasteiger partial charge in [0.25, 0.3) is 0 Å². The first-order valence-corrected chi connectivity index (χ1v) is 10.2. The summed E-state index contributed by atoms with van der Waals surface area (Å²) in [5, 5.41) is 3.43. The number of amides is 1. The number of nitrogens with one attached hydrogen (secondary N) is 1. The van der Waals surface area contributed by atoms with E-state index in [0.29, 0.717) is 19.6 Å². The summed E-state index contributed by atoms with van der Waals surface area (Å²) in [6.45, 7) is 7.05. The standard InChI is InChI=1S/C23H31N3O2.ClH/c1-18-14-19(2)16-22(15-18)28-13-9-23(27)26(17-20-6-3-4-11-25-20)21-7-5-10-24-12-8-21;/h3-4,6,11,14-16,21,24H,5,7-10,12-13,17H2,1-2H3;1H. The number of aryl methyl sites for hydroxylation is 2. The number of halogens is 1. The van der Waals surface area contributed by atoms with E-state index in [1.807, 2.05) is 35.2 Å². The maximum Gasteiger partial charge on any atom is 0.226 e. The van der Waals surface area contributed by atoms with Crippen LogP contribution in [0, 0.1) is 13.8 Å². The first kappa shape index (κ1) is 23.2. The van der Waals surface area contributed by atoms with Gasteiger partial charge in [0.05, 0.1) is 25.3 Å². The third-order valence-corrected chi connectivity index (χ3v) is 5.14. The molecule has 1 aliphatic heterocycles. The van der Waals surface area contributed by atoms with Gasteiger partial charge in [0.2, 0.25) is 5.91 Å². The van der Waals surface area contributed by atoms with Gasteiger partial charge in [-0.25, -0.2) is 0 Å². The maximum atomic E-state index is 13.1. The highest BCUT2D eigenvalue weighted by Crippen LogP contribution is 2.19. The van der Waals surface area contributed by atoms with Crippen molar-refractivity contribution in [3.8, 4) is 5.75 Å². The molecule has 6 heteroatoms. The highest BCUT2D eigenvalue weighted by atomic mass is 35.5. The third kappa shape index (κ3) is 7.33. The summed E-state index contributed by atoms with van der Waals surface area (Å²) >= 11 is 0. The number of hydrogen-bond donors (Lipinski definition) is 1. The van der Waals surface area contributed by atoms with Crippen LogP contribution in [0.2, 0.25) is 0 Å². The largest absolute Gasteiger partial charge is 0.493 e. The first-order chi connectivity index (χ1) is 13.6. The Hall–Kier alpha value is -2.11. The zero-order valence-corrected chi connectivity index (χ0v) is 18.2. The minimum atomic E-state index is 0. The Bertz CT molecular complexity index is 742. The molecule has 0 bridgehead atoms. The lowest BCUT2D eigenvalue weighted by Crippen LogP contribution is -2.41. The predicted molar refractivity (Wildman–Crippen MR) is 119 cm³/mol. The van der Waals surface area contributed by atoms with Crippen molar-refractivity contribution >= 4 is 18.3 Å². The molecule has 1 saturated heterocycles. The molecule has 1 N–H and O–H groups in total. The normalized spacial score (nSPS) is 16.4. The molecule has 1 amide bonds. The molecular formula is C23H32ClN3O2. The van der Waals surface area contributed by atoms with E-state index in [9.17, 15) is 4.79 Å². The molecule has 29 heavy (non-hydrogen) atoms. The number of nitrogens with zero attached hydrogens (tertiary/aromatic N) is 2. The second kappa shape index (κ2) is 11.8. The SMILES string of the molecule is Cc1cc(C)cc(OCCC(=O)N(Cc2ccccn2)C2CCCNCC2)c1.Cl. The predicted octanol–water partition coefficient (Wildman–Crippen LogP) is 4.06. The Morgan fingerprint density at radius 2 is 1.97 bits per heavy atom. The van der Waals surface area contributed by atoms with Crippen molar-refractivity contribution in [2.24, 2.45) is 0 Å². The lowest BCUT2D eigenvalue weighted by molar-refractivity contribution is -0.135. The van der Waals surface area contributed by atoms with Crippen LogP contribution in [0.25, 0.3) is 0 Å². The van der Waals surface area contributed by atoms with E-state index in [4.69, 9.17) is 4.74 Å². The van der Waals surface area contributed by atoms with E-state index < -0.39 is 0 Å². The summed E-state index contributed by atoms with van der Waals surface area (Å²) < 4.78 is 5.88. The fourth-order valence-corrected chi connectivity index (χ4v) is 3.82. The minimum Gasteiger partial charge on any atom is -0.493 e. The van der Waals surface area contributed by atoms with Gasteiger partial charge in [-0.3, -0.25) is 9.78 Å². The lowest BCUT2D eigenvalue weighted by Gasteiger charge is -2.31. The van der Waals surface area contributed by atoms with E-state index in [1.54, 1.807) is 6.20 Å². The molecule has 5 nitrogen and oxygen atoms in total. The van der Waals surface area contributed by atoms with Crippen LogP contribution in [0.4, 0.5) is 0 Å². The number of benzene rings is 1. The smallest absolute Gasteiger partial charge is 0.226 e. The molecule has 1 unspecified atom stereocenters. The Kier molecular flexibility index (Phi) is 9.42. The van der Waals surface area contributed by atoms with Crippen molar-refractivity contribution in [2.75, 3.05) is 19.7 Å². The Balaban J connectivity index is 0.00000300. The summed E-state index contributed by atoms with van der Waals surface area (Å²) in [5.74, 6) is 0.974. The molecule has 2 aromatic rings. The van der Waals surface area contributed by atoms with E-state index >= 15 is 0 Å². The number of aromatic nitrogens is 1. The average molecular weight is 418 g/mol. The van der Waals surface area contributed by atoms with Crippen LogP contribution in [-0.4, -0.2) is 41.5 Å². The molecule has 0 radical (unpaired) electrons. The minimum absolute atomic E-state index is 0. The van der Waals surface area contributed by atoms with Gasteiger partial charge in [0.15, 0.2) is 0 Å². The van der Waals surface area contributed by atoms with Crippen molar-refractivity contribution in [3.63, 3.8) is 0 Å². The van der Waals surface area contributed by atoms with Gasteiger partial charge in [-0.05, 0) is 81.6 Å². The molecule has 1 aromatic heterocycles. The molecule has 1 fully saturated rings. The third-order valence-electron chi connectivity index (χ3n) is 5.14. The first-order valence-electron chi connectivity index (χ1n) is 10.2. The molecule has 158 valence electrons. The van der Waals surface area contributed by atoms with E-state index in [-0.39, 0.29) is 24.4 Å². The number of carbonyl (C=O) groups is 1. The molecule has 3 rings (SSSR count). The van der Waals surface area contributed by atoms with Crippen LogP contribution in [0.15, 0.2) is 42.6 Å². The number of pyridine rings is 1. The van der Waals surface area contributed by atoms with Crippen LogP contribution in [-0.2, 0) is 11.3 Å². The Labute approximate surface area is 180 Å². The van der Waals surface area contributed by atoms with Crippen molar-refractivity contribution in [2.45, 2.75) is 52.1 Å². The highest BCUT2D eigenvalue weighted by Gasteiger charge is 2.25. The number of carbonyl (C=O) groups excluding carboxylic acids is 1. The molecule has 2 heterocycles. The monoisotopic (exact) mass is 417 g/mol. The fourth-order valence-electron chi connectivity index (χ4n) is 3.82. The zero-order chi connectivity index (χ0) is 19.8. The van der Waals surface area contributed by atoms with Crippen molar-refractivity contribution in [1.29, 1.82) is 0 Å². The van der Waals surface area contributed by atoms with Gasteiger partial charge >= 0.3 is 0 Å². The van der Waals surface area contributed by atoms with E-state index in [0.717, 1.165) is 43.8 Å². The van der Waals surface area contributed by atoms with Crippen LogP contribution in [0.1, 0.15) is 42.5 Å². The average Bonchev–Trinajstić information content (AvgIpc) is 2.95. The molecular weight excluding hydrogens is 386 g/mol. The van der Waals surface area contributed by atoms with Crippen molar-refractivity contribution < 1.29 is 9.53 Å². The second-order valence-electron chi connectivity index (χ2n) is 7.60. The highest BCUT2D eigenvalue weighted by molar-refractivity contribution is 5.85. The van der Waals surface area contributed by atoms with Crippen LogP contribution < -0.4 is 10.1 Å². The molecule has 1 aliphatic rings. The Morgan fingerprint density at radius 3 is 2.69 bits per heavy atom. The van der Waals surface area contributed by atoms with Gasteiger partial charge < -0.3 is 15.0 Å². The quantitative estimate of drug-likeness (QED) is 0.738. The summed E-state index contributed by atoms with van der Waals surface area (Å²) in [6, 6.07) is 12.3. The zero-order valence-electron chi connectivity index (χ0n) is 17.4. The summed E-state index contributed by atoms with van der Waals surface area (Å²) in [6.07, 6.45) is 5.27. The topological polar surface area (TPSA) is 54.5 Å². The van der Waals surface area contributed by atoms with E-state index in [1.165, 1.54) is 11.1 Å². The molecule has 1 aromatic carbocycles. The summed E-state index contributed by atoms with van der Waals surface area (Å²) in [5.41, 5.74) is 3.27. The van der Waals surface area contributed by atoms with Gasteiger partial charge in [0.1, 0.15) is 5.75 Å². The number of ether oxygens (including phenoxy) is 1. The second-order valence-corrected chi connectivity index (χ2v) is 7.60. The Morgan fingerprint density at radius 1 is 1.17 bits per heavy atom. The number of hydrogen-bond acceptors (Lipinski definition) is 4. The number of rotatable bonds is 7. The molecule has 0 aliphatic carbocycles. The summed E-state index contributed by atoms with van der Waals surface area (Å²) in [7, 11) is 0. The van der Waals surface area contributed by atoms with E-state index in [2.05, 4.69) is 30.2 Å². The van der Waals surface area contributed by atoms with Crippen LogP contribution in [0.5, 0.6) is 5.75 Å². The summed E-state index contributed by atoms with van der Waals surface area (Å²) in [4.78, 5) is 19.5.